The molecule has 0 aromatic heterocycles. The van der Waals surface area contributed by atoms with Crippen molar-refractivity contribution < 1.29 is 27.6 Å². The van der Waals surface area contributed by atoms with Crippen LogP contribution in [-0.2, 0) is 15.8 Å². The second kappa shape index (κ2) is 7.46. The Morgan fingerprint density at radius 2 is 1.82 bits per heavy atom. The van der Waals surface area contributed by atoms with Crippen LogP contribution >= 0.6 is 0 Å². The molecule has 1 fully saturated rings. The summed E-state index contributed by atoms with van der Waals surface area (Å²) in [5.74, 6) is -1.94. The van der Waals surface area contributed by atoms with Crippen molar-refractivity contribution in [2.75, 3.05) is 16.8 Å². The van der Waals surface area contributed by atoms with Gasteiger partial charge in [-0.1, -0.05) is 24.3 Å². The number of carbonyl (C=O) groups is 3. The van der Waals surface area contributed by atoms with Gasteiger partial charge in [0.05, 0.1) is 17.2 Å². The minimum atomic E-state index is -4.60. The van der Waals surface area contributed by atoms with Crippen LogP contribution in [0.15, 0.2) is 48.5 Å². The van der Waals surface area contributed by atoms with Gasteiger partial charge >= 0.3 is 6.18 Å². The van der Waals surface area contributed by atoms with Gasteiger partial charge in [0.25, 0.3) is 0 Å². The zero-order valence-electron chi connectivity index (χ0n) is 14.9. The van der Waals surface area contributed by atoms with E-state index in [0.717, 1.165) is 6.07 Å². The number of hydrogen-bond donors (Lipinski definition) is 1. The highest BCUT2D eigenvalue weighted by atomic mass is 19.4. The van der Waals surface area contributed by atoms with Crippen LogP contribution in [0.3, 0.4) is 0 Å². The molecule has 2 amide bonds. The van der Waals surface area contributed by atoms with Crippen LogP contribution in [0.4, 0.5) is 24.5 Å². The maximum atomic E-state index is 13.1. The van der Waals surface area contributed by atoms with Gasteiger partial charge in [0.1, 0.15) is 0 Å². The SMILES string of the molecule is CC(=O)c1cccc(N2CC(C(=O)Nc3ccccc3C(F)(F)F)CC2=O)c1. The number of nitrogens with one attached hydrogen (secondary N) is 1. The van der Waals surface area contributed by atoms with Gasteiger partial charge in [-0.15, -0.1) is 0 Å². The zero-order chi connectivity index (χ0) is 20.5. The van der Waals surface area contributed by atoms with Crippen molar-refractivity contribution in [3.8, 4) is 0 Å². The van der Waals surface area contributed by atoms with Crippen LogP contribution in [0, 0.1) is 5.92 Å². The average molecular weight is 390 g/mol. The van der Waals surface area contributed by atoms with Gasteiger partial charge in [0.15, 0.2) is 5.78 Å². The molecule has 5 nitrogen and oxygen atoms in total. The fourth-order valence-corrected chi connectivity index (χ4v) is 3.10. The predicted octanol–water partition coefficient (Wildman–Crippen LogP) is 3.90. The highest BCUT2D eigenvalue weighted by molar-refractivity contribution is 6.04. The Hall–Kier alpha value is -3.16. The molecule has 8 heteroatoms. The lowest BCUT2D eigenvalue weighted by molar-refractivity contribution is -0.137. The van der Waals surface area contributed by atoms with Crippen LogP contribution in [0.2, 0.25) is 0 Å². The Labute approximate surface area is 159 Å². The molecule has 1 aliphatic heterocycles. The number of amides is 2. The smallest absolute Gasteiger partial charge is 0.325 e. The van der Waals surface area contributed by atoms with E-state index in [1.807, 2.05) is 0 Å². The minimum Gasteiger partial charge on any atom is -0.325 e. The van der Waals surface area contributed by atoms with E-state index in [1.165, 1.54) is 30.0 Å². The van der Waals surface area contributed by atoms with Crippen LogP contribution < -0.4 is 10.2 Å². The molecule has 1 heterocycles. The number of halogens is 3. The Morgan fingerprint density at radius 1 is 1.11 bits per heavy atom. The van der Waals surface area contributed by atoms with Gasteiger partial charge < -0.3 is 10.2 Å². The molecule has 0 saturated carbocycles. The number of Topliss-reactive ketones (excluding diaryl/α,β-unsaturated/α-hetero) is 1. The summed E-state index contributed by atoms with van der Waals surface area (Å²) in [5, 5.41) is 2.29. The van der Waals surface area contributed by atoms with E-state index in [1.54, 1.807) is 24.3 Å². The number of hydrogen-bond acceptors (Lipinski definition) is 3. The number of nitrogens with zero attached hydrogens (tertiary/aromatic N) is 1. The van der Waals surface area contributed by atoms with E-state index in [9.17, 15) is 27.6 Å². The summed E-state index contributed by atoms with van der Waals surface area (Å²) in [5.41, 5.74) is -0.385. The lowest BCUT2D eigenvalue weighted by Crippen LogP contribution is -2.28. The maximum absolute atomic E-state index is 13.1. The molecule has 1 saturated heterocycles. The molecule has 0 radical (unpaired) electrons. The van der Waals surface area contributed by atoms with Crippen molar-refractivity contribution >= 4 is 29.0 Å². The summed E-state index contributed by atoms with van der Waals surface area (Å²) < 4.78 is 39.2. The van der Waals surface area contributed by atoms with Crippen LogP contribution in [0.25, 0.3) is 0 Å². The summed E-state index contributed by atoms with van der Waals surface area (Å²) in [7, 11) is 0. The summed E-state index contributed by atoms with van der Waals surface area (Å²) in [6.07, 6.45) is -4.72. The fourth-order valence-electron chi connectivity index (χ4n) is 3.10. The molecule has 2 aromatic rings. The lowest BCUT2D eigenvalue weighted by atomic mass is 10.1. The summed E-state index contributed by atoms with van der Waals surface area (Å²) in [6, 6.07) is 11.1. The molecular weight excluding hydrogens is 373 g/mol. The van der Waals surface area contributed by atoms with Crippen molar-refractivity contribution in [1.82, 2.24) is 0 Å². The van der Waals surface area contributed by atoms with Crippen molar-refractivity contribution in [2.24, 2.45) is 5.92 Å². The number of benzene rings is 2. The molecule has 3 rings (SSSR count). The molecule has 1 aliphatic rings. The van der Waals surface area contributed by atoms with Gasteiger partial charge in [-0.2, -0.15) is 13.2 Å². The lowest BCUT2D eigenvalue weighted by Gasteiger charge is -2.18. The molecule has 1 N–H and O–H groups in total. The van der Waals surface area contributed by atoms with E-state index >= 15 is 0 Å². The van der Waals surface area contributed by atoms with Crippen molar-refractivity contribution in [1.29, 1.82) is 0 Å². The van der Waals surface area contributed by atoms with Gasteiger partial charge in [-0.3, -0.25) is 14.4 Å². The number of ketones is 1. The van der Waals surface area contributed by atoms with Gasteiger partial charge in [0, 0.05) is 24.2 Å². The Bertz CT molecular complexity index is 940. The van der Waals surface area contributed by atoms with Crippen LogP contribution in [0.5, 0.6) is 0 Å². The first-order valence-electron chi connectivity index (χ1n) is 8.55. The topological polar surface area (TPSA) is 66.5 Å². The normalized spacial score (nSPS) is 16.9. The quantitative estimate of drug-likeness (QED) is 0.806. The van der Waals surface area contributed by atoms with Gasteiger partial charge in [-0.25, -0.2) is 0 Å². The molecule has 0 spiro atoms. The molecule has 0 aliphatic carbocycles. The first kappa shape index (κ1) is 19.6. The number of alkyl halides is 3. The fraction of sp³-hybridized carbons (Fsp3) is 0.250. The highest BCUT2D eigenvalue weighted by Gasteiger charge is 2.37. The number of para-hydroxylation sites is 1. The van der Waals surface area contributed by atoms with E-state index in [0.29, 0.717) is 11.3 Å². The largest absolute Gasteiger partial charge is 0.418 e. The molecule has 0 bridgehead atoms. The van der Waals surface area contributed by atoms with E-state index in [2.05, 4.69) is 5.32 Å². The van der Waals surface area contributed by atoms with Crippen molar-refractivity contribution in [3.63, 3.8) is 0 Å². The monoisotopic (exact) mass is 390 g/mol. The maximum Gasteiger partial charge on any atom is 0.418 e. The van der Waals surface area contributed by atoms with Crippen LogP contribution in [0.1, 0.15) is 29.3 Å². The first-order valence-corrected chi connectivity index (χ1v) is 8.55. The summed E-state index contributed by atoms with van der Waals surface area (Å²) in [4.78, 5) is 37.7. The molecule has 1 unspecified atom stereocenters. The summed E-state index contributed by atoms with van der Waals surface area (Å²) >= 11 is 0. The average Bonchev–Trinajstić information content (AvgIpc) is 3.03. The second-order valence-corrected chi connectivity index (χ2v) is 6.54. The van der Waals surface area contributed by atoms with Crippen LogP contribution in [-0.4, -0.2) is 24.1 Å². The molecule has 146 valence electrons. The van der Waals surface area contributed by atoms with E-state index < -0.39 is 23.6 Å². The third-order valence-electron chi connectivity index (χ3n) is 4.55. The Balaban J connectivity index is 1.77. The standard InChI is InChI=1S/C20H17F3N2O3/c1-12(26)13-5-4-6-15(9-13)25-11-14(10-18(25)27)19(28)24-17-8-3-2-7-16(17)20(21,22)23/h2-9,14H,10-11H2,1H3,(H,24,28). The molecular formula is C20H17F3N2O3. The Kier molecular flexibility index (Phi) is 5.22. The first-order chi connectivity index (χ1) is 13.2. The zero-order valence-corrected chi connectivity index (χ0v) is 14.9. The third-order valence-corrected chi connectivity index (χ3v) is 4.55. The van der Waals surface area contributed by atoms with E-state index in [4.69, 9.17) is 0 Å². The van der Waals surface area contributed by atoms with Crippen molar-refractivity contribution in [3.05, 3.63) is 59.7 Å². The van der Waals surface area contributed by atoms with Crippen molar-refractivity contribution in [2.45, 2.75) is 19.5 Å². The predicted molar refractivity (Wildman–Crippen MR) is 97.0 cm³/mol. The summed E-state index contributed by atoms with van der Waals surface area (Å²) in [6.45, 7) is 1.43. The number of anilines is 2. The van der Waals surface area contributed by atoms with Gasteiger partial charge in [-0.05, 0) is 31.2 Å². The van der Waals surface area contributed by atoms with E-state index in [-0.39, 0.29) is 30.3 Å². The Morgan fingerprint density at radius 3 is 2.50 bits per heavy atom. The van der Waals surface area contributed by atoms with Gasteiger partial charge in [0.2, 0.25) is 11.8 Å². The molecule has 28 heavy (non-hydrogen) atoms. The number of carbonyl (C=O) groups excluding carboxylic acids is 3. The molecule has 2 aromatic carbocycles. The molecule has 1 atom stereocenters. The second-order valence-electron chi connectivity index (χ2n) is 6.54. The highest BCUT2D eigenvalue weighted by Crippen LogP contribution is 2.35. The number of rotatable bonds is 4. The minimum absolute atomic E-state index is 0.0280. The third kappa shape index (κ3) is 4.05.